The third-order valence-corrected chi connectivity index (χ3v) is 5.84. The second-order valence-electron chi connectivity index (χ2n) is 10.0. The Hall–Kier alpha value is -3.35. The lowest BCUT2D eigenvalue weighted by atomic mass is 10.0. The molecular weight excluding hydrogens is 442 g/mol. The summed E-state index contributed by atoms with van der Waals surface area (Å²) in [5.74, 6) is -0.555. The van der Waals surface area contributed by atoms with Crippen LogP contribution in [0.2, 0.25) is 0 Å². The molecule has 35 heavy (non-hydrogen) atoms. The van der Waals surface area contributed by atoms with Crippen LogP contribution in [0.4, 0.5) is 4.79 Å². The molecule has 0 aliphatic heterocycles. The highest BCUT2D eigenvalue weighted by Gasteiger charge is 2.43. The van der Waals surface area contributed by atoms with Crippen LogP contribution in [-0.2, 0) is 27.3 Å². The summed E-state index contributed by atoms with van der Waals surface area (Å²) < 4.78 is 5.32. The largest absolute Gasteiger partial charge is 0.444 e. The summed E-state index contributed by atoms with van der Waals surface area (Å²) in [5, 5.41) is 5.65. The molecule has 1 aliphatic rings. The van der Waals surface area contributed by atoms with Crippen molar-refractivity contribution in [3.8, 4) is 0 Å². The van der Waals surface area contributed by atoms with Crippen LogP contribution in [0.25, 0.3) is 0 Å². The van der Waals surface area contributed by atoms with Crippen molar-refractivity contribution in [3.63, 3.8) is 0 Å². The number of amides is 3. The number of benzene rings is 2. The molecule has 0 spiro atoms. The Morgan fingerprint density at radius 2 is 1.63 bits per heavy atom. The van der Waals surface area contributed by atoms with Crippen LogP contribution < -0.4 is 10.6 Å². The minimum absolute atomic E-state index is 0.0521. The first-order chi connectivity index (χ1) is 16.6. The van der Waals surface area contributed by atoms with E-state index in [-0.39, 0.29) is 17.9 Å². The Kier molecular flexibility index (Phi) is 8.54. The number of rotatable bonds is 9. The van der Waals surface area contributed by atoms with Crippen molar-refractivity contribution in [3.05, 3.63) is 71.3 Å². The number of alkyl carbamates (subject to hydrolysis) is 1. The van der Waals surface area contributed by atoms with Gasteiger partial charge in [0.05, 0.1) is 0 Å². The highest BCUT2D eigenvalue weighted by molar-refractivity contribution is 5.92. The number of carbonyl (C=O) groups excluding carboxylic acids is 3. The number of nitrogens with zero attached hydrogens (tertiary/aromatic N) is 1. The van der Waals surface area contributed by atoms with Gasteiger partial charge in [-0.3, -0.25) is 9.59 Å². The van der Waals surface area contributed by atoms with Gasteiger partial charge in [0.15, 0.2) is 0 Å². The average Bonchev–Trinajstić information content (AvgIpc) is 3.65. The number of nitrogens with one attached hydrogen (secondary N) is 2. The van der Waals surface area contributed by atoms with Crippen molar-refractivity contribution in [2.45, 2.75) is 84.2 Å². The molecule has 1 aliphatic carbocycles. The summed E-state index contributed by atoms with van der Waals surface area (Å²) in [4.78, 5) is 41.1. The van der Waals surface area contributed by atoms with Crippen LogP contribution in [-0.4, -0.2) is 40.5 Å². The SMILES string of the molecule is CCc1ccc(C(C(=O)NCc2ccccc2)N(C(=O)C(C)NC(=O)OC(C)(C)C)C2CC2)cc1. The second kappa shape index (κ2) is 11.4. The lowest BCUT2D eigenvalue weighted by Gasteiger charge is -2.34. The minimum atomic E-state index is -0.843. The van der Waals surface area contributed by atoms with Gasteiger partial charge in [-0.05, 0) is 63.6 Å². The molecule has 7 nitrogen and oxygen atoms in total. The Labute approximate surface area is 208 Å². The Bertz CT molecular complexity index is 1010. The summed E-state index contributed by atoms with van der Waals surface area (Å²) >= 11 is 0. The molecule has 2 unspecified atom stereocenters. The van der Waals surface area contributed by atoms with Crippen LogP contribution >= 0.6 is 0 Å². The van der Waals surface area contributed by atoms with Gasteiger partial charge in [0.2, 0.25) is 11.8 Å². The first-order valence-electron chi connectivity index (χ1n) is 12.3. The fourth-order valence-electron chi connectivity index (χ4n) is 3.90. The molecule has 3 rings (SSSR count). The summed E-state index contributed by atoms with van der Waals surface area (Å²) in [7, 11) is 0. The van der Waals surface area contributed by atoms with Crippen molar-refractivity contribution >= 4 is 17.9 Å². The van der Waals surface area contributed by atoms with Crippen LogP contribution in [0, 0.1) is 0 Å². The molecule has 0 heterocycles. The third-order valence-electron chi connectivity index (χ3n) is 5.84. The van der Waals surface area contributed by atoms with E-state index in [4.69, 9.17) is 4.74 Å². The highest BCUT2D eigenvalue weighted by Crippen LogP contribution is 2.35. The molecular formula is C28H37N3O4. The molecule has 1 saturated carbocycles. The van der Waals surface area contributed by atoms with Crippen molar-refractivity contribution in [1.29, 1.82) is 0 Å². The van der Waals surface area contributed by atoms with Crippen LogP contribution in [0.3, 0.4) is 0 Å². The average molecular weight is 480 g/mol. The van der Waals surface area contributed by atoms with Crippen molar-refractivity contribution in [1.82, 2.24) is 15.5 Å². The predicted octanol–water partition coefficient (Wildman–Crippen LogP) is 4.51. The van der Waals surface area contributed by atoms with E-state index in [9.17, 15) is 14.4 Å². The summed E-state index contributed by atoms with van der Waals surface area (Å²) in [6.07, 6.45) is 1.86. The predicted molar refractivity (Wildman–Crippen MR) is 136 cm³/mol. The van der Waals surface area contributed by atoms with Crippen LogP contribution in [0.1, 0.15) is 70.2 Å². The molecule has 0 saturated heterocycles. The minimum Gasteiger partial charge on any atom is -0.444 e. The lowest BCUT2D eigenvalue weighted by molar-refractivity contribution is -0.143. The van der Waals surface area contributed by atoms with Crippen LogP contribution in [0.15, 0.2) is 54.6 Å². The molecule has 1 fully saturated rings. The topological polar surface area (TPSA) is 87.7 Å². The molecule has 0 aromatic heterocycles. The first kappa shape index (κ1) is 26.3. The maximum Gasteiger partial charge on any atom is 0.408 e. The van der Waals surface area contributed by atoms with Crippen molar-refractivity contribution in [2.75, 3.05) is 0 Å². The van der Waals surface area contributed by atoms with Crippen LogP contribution in [0.5, 0.6) is 0 Å². The van der Waals surface area contributed by atoms with Crippen molar-refractivity contribution < 1.29 is 19.1 Å². The van der Waals surface area contributed by atoms with Gasteiger partial charge < -0.3 is 20.3 Å². The molecule has 2 atom stereocenters. The smallest absolute Gasteiger partial charge is 0.408 e. The zero-order valence-corrected chi connectivity index (χ0v) is 21.3. The van der Waals surface area contributed by atoms with E-state index in [1.165, 1.54) is 0 Å². The molecule has 2 N–H and O–H groups in total. The maximum atomic E-state index is 13.6. The molecule has 7 heteroatoms. The maximum absolute atomic E-state index is 13.6. The Morgan fingerprint density at radius 3 is 2.17 bits per heavy atom. The fourth-order valence-corrected chi connectivity index (χ4v) is 3.90. The van der Waals surface area contributed by atoms with E-state index in [1.54, 1.807) is 32.6 Å². The van der Waals surface area contributed by atoms with E-state index >= 15 is 0 Å². The number of aryl methyl sites for hydroxylation is 1. The normalized spacial score (nSPS) is 15.0. The van der Waals surface area contributed by atoms with Gasteiger partial charge >= 0.3 is 6.09 Å². The summed E-state index contributed by atoms with van der Waals surface area (Å²) in [6.45, 7) is 9.36. The van der Waals surface area contributed by atoms with E-state index in [2.05, 4.69) is 17.6 Å². The van der Waals surface area contributed by atoms with Gasteiger partial charge in [0, 0.05) is 12.6 Å². The lowest BCUT2D eigenvalue weighted by Crippen LogP contribution is -2.52. The number of hydrogen-bond donors (Lipinski definition) is 2. The first-order valence-corrected chi connectivity index (χ1v) is 12.3. The Balaban J connectivity index is 1.85. The van der Waals surface area contributed by atoms with E-state index < -0.39 is 23.8 Å². The summed E-state index contributed by atoms with van der Waals surface area (Å²) in [6, 6.07) is 15.8. The molecule has 0 radical (unpaired) electrons. The zero-order valence-electron chi connectivity index (χ0n) is 21.3. The van der Waals surface area contributed by atoms with Gasteiger partial charge in [0.1, 0.15) is 17.7 Å². The van der Waals surface area contributed by atoms with Gasteiger partial charge in [-0.15, -0.1) is 0 Å². The number of ether oxygens (including phenoxy) is 1. The molecule has 2 aromatic rings. The standard InChI is InChI=1S/C28H37N3O4/c1-6-20-12-14-22(15-13-20)24(25(32)29-18-21-10-8-7-9-11-21)31(23-16-17-23)26(33)19(2)30-27(34)35-28(3,4)5/h7-15,19,23-24H,6,16-18H2,1-5H3,(H,29,32)(H,30,34). The Morgan fingerprint density at radius 1 is 1.00 bits per heavy atom. The van der Waals surface area contributed by atoms with Gasteiger partial charge in [-0.25, -0.2) is 4.79 Å². The molecule has 188 valence electrons. The number of hydrogen-bond acceptors (Lipinski definition) is 4. The fraction of sp³-hybridized carbons (Fsp3) is 0.464. The quantitative estimate of drug-likeness (QED) is 0.554. The van der Waals surface area contributed by atoms with Gasteiger partial charge in [0.25, 0.3) is 0 Å². The van der Waals surface area contributed by atoms with Crippen molar-refractivity contribution in [2.24, 2.45) is 0 Å². The van der Waals surface area contributed by atoms with E-state index in [0.717, 1.165) is 36.0 Å². The monoisotopic (exact) mass is 479 g/mol. The number of carbonyl (C=O) groups is 3. The summed E-state index contributed by atoms with van der Waals surface area (Å²) in [5.41, 5.74) is 2.20. The zero-order chi connectivity index (χ0) is 25.6. The van der Waals surface area contributed by atoms with Gasteiger partial charge in [-0.2, -0.15) is 0 Å². The third kappa shape index (κ3) is 7.57. The van der Waals surface area contributed by atoms with Gasteiger partial charge in [-0.1, -0.05) is 61.5 Å². The highest BCUT2D eigenvalue weighted by atomic mass is 16.6. The molecule has 2 aromatic carbocycles. The van der Waals surface area contributed by atoms with E-state index in [1.807, 2.05) is 54.6 Å². The van der Waals surface area contributed by atoms with E-state index in [0.29, 0.717) is 6.54 Å². The molecule has 3 amide bonds. The second-order valence-corrected chi connectivity index (χ2v) is 10.0. The molecule has 0 bridgehead atoms.